The Bertz CT molecular complexity index is 1810. The molecule has 4 aromatic rings. The topological polar surface area (TPSA) is 121 Å². The van der Waals surface area contributed by atoms with E-state index in [1.165, 1.54) is 0 Å². The second kappa shape index (κ2) is 12.1. The minimum Gasteiger partial charge on any atom is -0.432 e. The third kappa shape index (κ3) is 5.40. The number of carbonyl (C=O) groups excluding carboxylic acids is 2. The van der Waals surface area contributed by atoms with Gasteiger partial charge in [0.15, 0.2) is 13.9 Å². The molecule has 3 aliphatic rings. The Labute approximate surface area is 275 Å². The molecular weight excluding hydrogens is 611 g/mol. The largest absolute Gasteiger partial charge is 0.432 e. The van der Waals surface area contributed by atoms with Crippen molar-refractivity contribution in [1.29, 1.82) is 0 Å². The third-order valence-corrected chi connectivity index (χ3v) is 12.6. The van der Waals surface area contributed by atoms with Gasteiger partial charge >= 0.3 is 0 Å². The van der Waals surface area contributed by atoms with Gasteiger partial charge in [-0.1, -0.05) is 60.7 Å². The normalized spacial score (nSPS) is 23.9. The van der Waals surface area contributed by atoms with E-state index in [-0.39, 0.29) is 29.9 Å². The summed E-state index contributed by atoms with van der Waals surface area (Å²) in [7, 11) is -2.88. The number of aromatic nitrogens is 3. The number of hydrogen-bond donors (Lipinski definition) is 2. The molecule has 0 saturated carbocycles. The van der Waals surface area contributed by atoms with Gasteiger partial charge < -0.3 is 19.5 Å². The first-order valence-electron chi connectivity index (χ1n) is 16.4. The summed E-state index contributed by atoms with van der Waals surface area (Å²) in [5.74, 6) is -0.480. The lowest BCUT2D eigenvalue weighted by molar-refractivity contribution is -0.146. The van der Waals surface area contributed by atoms with Gasteiger partial charge in [-0.2, -0.15) is 0 Å². The van der Waals surface area contributed by atoms with Crippen LogP contribution in [0.15, 0.2) is 79.0 Å². The second-order valence-electron chi connectivity index (χ2n) is 13.5. The standard InChI is InChI=1S/C36H41N5O5Si/c1-24-34(47(2,3)45)32(17-19-39-23-27(18-20-42)37-38-39)46-36(24)29-21-28(41-30-12-8-7-11-26(30)13-16-33(41)43)14-15-31(29)40(35(36)44)22-25-9-5-4-6-10-25/h4-12,14-15,21,23-24,32,34,42,45H,13,16-20,22H2,1-3H3/t24-,32+,34-,36+/m1/s1. The van der Waals surface area contributed by atoms with Crippen LogP contribution in [-0.4, -0.2) is 57.7 Å². The summed E-state index contributed by atoms with van der Waals surface area (Å²) >= 11 is 0. The first kappa shape index (κ1) is 31.4. The molecule has 1 fully saturated rings. The van der Waals surface area contributed by atoms with Gasteiger partial charge in [-0.15, -0.1) is 5.10 Å². The molecule has 0 aliphatic carbocycles. The lowest BCUT2D eigenvalue weighted by Crippen LogP contribution is -2.46. The van der Waals surface area contributed by atoms with E-state index in [1.54, 1.807) is 14.5 Å². The Hall–Kier alpha value is -4.16. The molecule has 3 aromatic carbocycles. The molecule has 244 valence electrons. The van der Waals surface area contributed by atoms with Crippen LogP contribution in [0.25, 0.3) is 0 Å². The molecular formula is C36H41N5O5Si. The van der Waals surface area contributed by atoms with Crippen molar-refractivity contribution in [2.75, 3.05) is 16.4 Å². The maximum Gasteiger partial charge on any atom is 0.264 e. The summed E-state index contributed by atoms with van der Waals surface area (Å²) in [5, 5.41) is 17.7. The third-order valence-electron chi connectivity index (χ3n) is 10.1. The highest BCUT2D eigenvalue weighted by atomic mass is 28.4. The summed E-state index contributed by atoms with van der Waals surface area (Å²) in [5.41, 5.74) is 4.26. The number of aliphatic hydroxyl groups is 1. The quantitative estimate of drug-likeness (QED) is 0.248. The lowest BCUT2D eigenvalue weighted by atomic mass is 9.82. The Morgan fingerprint density at radius 1 is 1.00 bits per heavy atom. The molecule has 7 rings (SSSR count). The predicted octanol–water partition coefficient (Wildman–Crippen LogP) is 4.86. The first-order valence-corrected chi connectivity index (χ1v) is 19.5. The fourth-order valence-corrected chi connectivity index (χ4v) is 10.6. The average Bonchev–Trinajstić information content (AvgIpc) is 3.70. The van der Waals surface area contributed by atoms with Crippen LogP contribution < -0.4 is 9.80 Å². The molecule has 4 heterocycles. The predicted molar refractivity (Wildman–Crippen MR) is 181 cm³/mol. The van der Waals surface area contributed by atoms with Gasteiger partial charge in [0.1, 0.15) is 0 Å². The van der Waals surface area contributed by atoms with Crippen molar-refractivity contribution in [3.05, 3.63) is 101 Å². The summed E-state index contributed by atoms with van der Waals surface area (Å²) in [4.78, 5) is 43.7. The number of carbonyl (C=O) groups is 2. The van der Waals surface area contributed by atoms with Crippen molar-refractivity contribution in [2.24, 2.45) is 5.92 Å². The molecule has 47 heavy (non-hydrogen) atoms. The maximum absolute atomic E-state index is 14.9. The Kier molecular flexibility index (Phi) is 8.11. The van der Waals surface area contributed by atoms with E-state index in [0.29, 0.717) is 50.2 Å². The summed E-state index contributed by atoms with van der Waals surface area (Å²) in [6, 6.07) is 23.7. The van der Waals surface area contributed by atoms with Crippen LogP contribution in [0.4, 0.5) is 17.1 Å². The lowest BCUT2D eigenvalue weighted by Gasteiger charge is -2.33. The number of anilines is 3. The summed E-state index contributed by atoms with van der Waals surface area (Å²) < 4.78 is 8.79. The van der Waals surface area contributed by atoms with Gasteiger partial charge in [-0.3, -0.25) is 19.2 Å². The zero-order valence-corrected chi connectivity index (χ0v) is 28.0. The highest BCUT2D eigenvalue weighted by molar-refractivity contribution is 6.71. The van der Waals surface area contributed by atoms with Crippen molar-refractivity contribution in [2.45, 2.75) is 76.0 Å². The van der Waals surface area contributed by atoms with Crippen LogP contribution >= 0.6 is 0 Å². The highest BCUT2D eigenvalue weighted by Crippen LogP contribution is 2.60. The second-order valence-corrected chi connectivity index (χ2v) is 17.5. The van der Waals surface area contributed by atoms with Gasteiger partial charge in [-0.05, 0) is 61.3 Å². The molecule has 11 heteroatoms. The van der Waals surface area contributed by atoms with Gasteiger partial charge in [-0.25, -0.2) is 0 Å². The summed E-state index contributed by atoms with van der Waals surface area (Å²) in [6.07, 6.45) is 3.44. The zero-order chi connectivity index (χ0) is 32.9. The van der Waals surface area contributed by atoms with E-state index in [2.05, 4.69) is 16.4 Å². The number of nitrogens with zero attached hydrogens (tertiary/aromatic N) is 5. The average molecular weight is 652 g/mol. The van der Waals surface area contributed by atoms with Gasteiger partial charge in [0.05, 0.1) is 29.7 Å². The van der Waals surface area contributed by atoms with Gasteiger partial charge in [0.2, 0.25) is 5.91 Å². The SMILES string of the molecule is C[C@@H]1[C@@H]([Si](C)(C)O)[C@H](CCn2cc(CCO)nn2)O[C@@]12C(=O)N(Cc1ccccc1)c1ccc(N3C(=O)CCc4ccccc43)cc12. The molecule has 1 aromatic heterocycles. The van der Waals surface area contributed by atoms with E-state index < -0.39 is 20.0 Å². The molecule has 2 amide bonds. The minimum atomic E-state index is -2.88. The van der Waals surface area contributed by atoms with Gasteiger partial charge in [0.25, 0.3) is 5.91 Å². The fraction of sp³-hybridized carbons (Fsp3) is 0.389. The Balaban J connectivity index is 1.32. The smallest absolute Gasteiger partial charge is 0.264 e. The highest BCUT2D eigenvalue weighted by Gasteiger charge is 2.66. The minimum absolute atomic E-state index is 0.00552. The van der Waals surface area contributed by atoms with Crippen LogP contribution in [0, 0.1) is 5.92 Å². The van der Waals surface area contributed by atoms with E-state index in [9.17, 15) is 19.5 Å². The number of para-hydroxylation sites is 1. The first-order chi connectivity index (χ1) is 22.6. The number of benzene rings is 3. The zero-order valence-electron chi connectivity index (χ0n) is 27.0. The number of aryl methyl sites for hydroxylation is 2. The number of hydrogen-bond acceptors (Lipinski definition) is 7. The van der Waals surface area contributed by atoms with E-state index in [4.69, 9.17) is 4.74 Å². The molecule has 0 radical (unpaired) electrons. The molecule has 2 N–H and O–H groups in total. The fourth-order valence-electron chi connectivity index (χ4n) is 8.05. The van der Waals surface area contributed by atoms with Crippen LogP contribution in [0.2, 0.25) is 18.6 Å². The van der Waals surface area contributed by atoms with E-state index in [0.717, 1.165) is 28.1 Å². The van der Waals surface area contributed by atoms with Crippen LogP contribution in [-0.2, 0) is 45.9 Å². The maximum atomic E-state index is 14.9. The summed E-state index contributed by atoms with van der Waals surface area (Å²) in [6.45, 7) is 6.72. The van der Waals surface area contributed by atoms with Crippen molar-refractivity contribution in [3.8, 4) is 0 Å². The number of amides is 2. The van der Waals surface area contributed by atoms with Crippen LogP contribution in [0.3, 0.4) is 0 Å². The number of fused-ring (bicyclic) bond motifs is 3. The Morgan fingerprint density at radius 2 is 1.77 bits per heavy atom. The molecule has 10 nitrogen and oxygen atoms in total. The van der Waals surface area contributed by atoms with Crippen LogP contribution in [0.5, 0.6) is 0 Å². The van der Waals surface area contributed by atoms with E-state index in [1.807, 2.05) is 92.9 Å². The Morgan fingerprint density at radius 3 is 2.53 bits per heavy atom. The molecule has 0 unspecified atom stereocenters. The number of rotatable bonds is 9. The molecule has 0 bridgehead atoms. The van der Waals surface area contributed by atoms with Crippen molar-refractivity contribution >= 4 is 37.2 Å². The van der Waals surface area contributed by atoms with Crippen LogP contribution in [0.1, 0.15) is 42.1 Å². The number of aliphatic hydroxyl groups excluding tert-OH is 1. The molecule has 1 saturated heterocycles. The van der Waals surface area contributed by atoms with Gasteiger partial charge in [0, 0.05) is 54.9 Å². The van der Waals surface area contributed by atoms with E-state index >= 15 is 0 Å². The molecule has 3 aliphatic heterocycles. The van der Waals surface area contributed by atoms with Crippen molar-refractivity contribution in [3.63, 3.8) is 0 Å². The molecule has 4 atom stereocenters. The number of ether oxygens (including phenoxy) is 1. The van der Waals surface area contributed by atoms with Crippen molar-refractivity contribution < 1.29 is 24.2 Å². The molecule has 1 spiro atoms. The monoisotopic (exact) mass is 651 g/mol. The van der Waals surface area contributed by atoms with Crippen molar-refractivity contribution in [1.82, 2.24) is 15.0 Å².